The number of hydrogen-bond acceptors (Lipinski definition) is 3. The van der Waals surface area contributed by atoms with E-state index in [0.717, 1.165) is 17.7 Å². The number of aromatic nitrogens is 1. The van der Waals surface area contributed by atoms with Gasteiger partial charge in [-0.3, -0.25) is 4.98 Å². The zero-order chi connectivity index (χ0) is 11.5. The second kappa shape index (κ2) is 4.76. The van der Waals surface area contributed by atoms with Crippen molar-refractivity contribution in [1.82, 2.24) is 4.98 Å². The molecule has 0 fully saturated rings. The first-order valence-corrected chi connectivity index (χ1v) is 6.34. The molecule has 1 unspecified atom stereocenters. The lowest BCUT2D eigenvalue weighted by molar-refractivity contribution is 0.863. The molecule has 0 saturated carbocycles. The van der Waals surface area contributed by atoms with Crippen LogP contribution in [0, 0.1) is 6.92 Å². The Labute approximate surface area is 100 Å². The average molecular weight is 232 g/mol. The number of hydrogen-bond donors (Lipinski definition) is 1. The van der Waals surface area contributed by atoms with Crippen LogP contribution in [0.4, 0.5) is 0 Å². The molecule has 0 amide bonds. The first-order chi connectivity index (χ1) is 7.72. The van der Waals surface area contributed by atoms with E-state index in [9.17, 15) is 0 Å². The van der Waals surface area contributed by atoms with Gasteiger partial charge in [0.05, 0.1) is 6.04 Å². The molecular weight excluding hydrogens is 216 g/mol. The molecule has 0 aliphatic heterocycles. The summed E-state index contributed by atoms with van der Waals surface area (Å²) in [6.07, 6.45) is 2.91. The Balaban J connectivity index is 2.31. The Morgan fingerprint density at radius 3 is 2.81 bits per heavy atom. The van der Waals surface area contributed by atoms with Crippen LogP contribution in [-0.2, 0) is 6.42 Å². The van der Waals surface area contributed by atoms with Gasteiger partial charge in [-0.2, -0.15) is 0 Å². The maximum atomic E-state index is 6.26. The molecule has 0 saturated heterocycles. The number of nitrogens with zero attached hydrogens (tertiary/aromatic N) is 1. The van der Waals surface area contributed by atoms with Gasteiger partial charge in [0, 0.05) is 16.8 Å². The lowest BCUT2D eigenvalue weighted by Crippen LogP contribution is -2.12. The minimum atomic E-state index is -0.0388. The molecule has 0 aliphatic rings. The van der Waals surface area contributed by atoms with Gasteiger partial charge in [0.25, 0.3) is 0 Å². The van der Waals surface area contributed by atoms with Crippen molar-refractivity contribution in [3.8, 4) is 0 Å². The van der Waals surface area contributed by atoms with Gasteiger partial charge in [-0.1, -0.05) is 13.0 Å². The average Bonchev–Trinajstić information content (AvgIpc) is 2.77. The van der Waals surface area contributed by atoms with Gasteiger partial charge in [0.1, 0.15) is 0 Å². The number of aryl methyl sites for hydroxylation is 2. The van der Waals surface area contributed by atoms with Crippen molar-refractivity contribution in [2.24, 2.45) is 5.73 Å². The minimum Gasteiger partial charge on any atom is -0.320 e. The van der Waals surface area contributed by atoms with E-state index in [1.165, 1.54) is 10.4 Å². The van der Waals surface area contributed by atoms with Gasteiger partial charge in [0.15, 0.2) is 0 Å². The summed E-state index contributed by atoms with van der Waals surface area (Å²) in [7, 11) is 0. The molecule has 0 aromatic carbocycles. The van der Waals surface area contributed by atoms with Crippen LogP contribution in [-0.4, -0.2) is 4.98 Å². The first-order valence-electron chi connectivity index (χ1n) is 5.46. The molecule has 2 aromatic heterocycles. The van der Waals surface area contributed by atoms with Crippen LogP contribution in [0.1, 0.15) is 34.7 Å². The number of rotatable bonds is 3. The van der Waals surface area contributed by atoms with E-state index in [0.29, 0.717) is 0 Å². The number of pyridine rings is 1. The maximum Gasteiger partial charge on any atom is 0.0663 e. The Kier molecular flexibility index (Phi) is 3.36. The zero-order valence-corrected chi connectivity index (χ0v) is 10.4. The highest BCUT2D eigenvalue weighted by Crippen LogP contribution is 2.27. The van der Waals surface area contributed by atoms with Crippen LogP contribution in [0.5, 0.6) is 0 Å². The van der Waals surface area contributed by atoms with E-state index in [2.05, 4.69) is 29.4 Å². The molecule has 84 valence electrons. The zero-order valence-electron chi connectivity index (χ0n) is 9.60. The summed E-state index contributed by atoms with van der Waals surface area (Å²) in [4.78, 5) is 5.55. The van der Waals surface area contributed by atoms with Crippen molar-refractivity contribution in [2.45, 2.75) is 26.3 Å². The SMILES string of the molecule is CCc1ccsc1C(N)c1ccc(C)nc1. The van der Waals surface area contributed by atoms with Crippen molar-refractivity contribution in [3.63, 3.8) is 0 Å². The smallest absolute Gasteiger partial charge is 0.0663 e. The molecule has 1 atom stereocenters. The molecule has 2 aromatic rings. The highest BCUT2D eigenvalue weighted by molar-refractivity contribution is 7.10. The Hall–Kier alpha value is -1.19. The van der Waals surface area contributed by atoms with Crippen LogP contribution in [0.3, 0.4) is 0 Å². The van der Waals surface area contributed by atoms with Gasteiger partial charge in [0.2, 0.25) is 0 Å². The molecule has 0 aliphatic carbocycles. The van der Waals surface area contributed by atoms with E-state index in [-0.39, 0.29) is 6.04 Å². The minimum absolute atomic E-state index is 0.0388. The number of nitrogens with two attached hydrogens (primary N) is 1. The monoisotopic (exact) mass is 232 g/mol. The first kappa shape index (κ1) is 11.3. The third-order valence-electron chi connectivity index (χ3n) is 2.74. The molecular formula is C13H16N2S. The van der Waals surface area contributed by atoms with Gasteiger partial charge in [-0.25, -0.2) is 0 Å². The summed E-state index contributed by atoms with van der Waals surface area (Å²) < 4.78 is 0. The lowest BCUT2D eigenvalue weighted by Gasteiger charge is -2.12. The summed E-state index contributed by atoms with van der Waals surface area (Å²) in [5, 5.41) is 2.11. The summed E-state index contributed by atoms with van der Waals surface area (Å²) in [6.45, 7) is 4.14. The van der Waals surface area contributed by atoms with E-state index in [1.807, 2.05) is 19.2 Å². The van der Waals surface area contributed by atoms with E-state index >= 15 is 0 Å². The molecule has 2 nitrogen and oxygen atoms in total. The molecule has 2 rings (SSSR count). The molecule has 0 bridgehead atoms. The summed E-state index contributed by atoms with van der Waals surface area (Å²) >= 11 is 1.73. The molecule has 0 radical (unpaired) electrons. The Morgan fingerprint density at radius 2 is 2.19 bits per heavy atom. The van der Waals surface area contributed by atoms with E-state index < -0.39 is 0 Å². The highest BCUT2D eigenvalue weighted by atomic mass is 32.1. The fraction of sp³-hybridized carbons (Fsp3) is 0.308. The molecule has 2 heterocycles. The van der Waals surface area contributed by atoms with Crippen LogP contribution in [0.25, 0.3) is 0 Å². The quantitative estimate of drug-likeness (QED) is 0.883. The van der Waals surface area contributed by atoms with Crippen molar-refractivity contribution >= 4 is 11.3 Å². The van der Waals surface area contributed by atoms with Crippen molar-refractivity contribution in [1.29, 1.82) is 0 Å². The topological polar surface area (TPSA) is 38.9 Å². The Morgan fingerprint density at radius 1 is 1.38 bits per heavy atom. The largest absolute Gasteiger partial charge is 0.320 e. The molecule has 16 heavy (non-hydrogen) atoms. The summed E-state index contributed by atoms with van der Waals surface area (Å²) in [6, 6.07) is 6.19. The fourth-order valence-corrected chi connectivity index (χ4v) is 2.75. The van der Waals surface area contributed by atoms with Crippen LogP contribution in [0.15, 0.2) is 29.8 Å². The van der Waals surface area contributed by atoms with Crippen LogP contribution in [0.2, 0.25) is 0 Å². The highest BCUT2D eigenvalue weighted by Gasteiger charge is 2.13. The van der Waals surface area contributed by atoms with E-state index in [4.69, 9.17) is 5.73 Å². The van der Waals surface area contributed by atoms with Crippen LogP contribution >= 0.6 is 11.3 Å². The second-order valence-electron chi connectivity index (χ2n) is 3.87. The van der Waals surface area contributed by atoms with Gasteiger partial charge >= 0.3 is 0 Å². The maximum absolute atomic E-state index is 6.26. The van der Waals surface area contributed by atoms with Crippen molar-refractivity contribution in [3.05, 3.63) is 51.5 Å². The Bertz CT molecular complexity index is 459. The predicted molar refractivity (Wildman–Crippen MR) is 68.7 cm³/mol. The molecule has 3 heteroatoms. The summed E-state index contributed by atoms with van der Waals surface area (Å²) in [5.41, 5.74) is 9.71. The molecule has 0 spiro atoms. The molecule has 2 N–H and O–H groups in total. The number of thiophene rings is 1. The standard InChI is InChI=1S/C13H16N2S/c1-3-10-6-7-16-13(10)12(14)11-5-4-9(2)15-8-11/h4-8,12H,3,14H2,1-2H3. The summed E-state index contributed by atoms with van der Waals surface area (Å²) in [5.74, 6) is 0. The van der Waals surface area contributed by atoms with Crippen molar-refractivity contribution < 1.29 is 0 Å². The normalized spacial score (nSPS) is 12.7. The van der Waals surface area contributed by atoms with Crippen molar-refractivity contribution in [2.75, 3.05) is 0 Å². The second-order valence-corrected chi connectivity index (χ2v) is 4.82. The lowest BCUT2D eigenvalue weighted by atomic mass is 10.0. The third kappa shape index (κ3) is 2.15. The fourth-order valence-electron chi connectivity index (χ4n) is 1.73. The van der Waals surface area contributed by atoms with E-state index in [1.54, 1.807) is 11.3 Å². The van der Waals surface area contributed by atoms with Gasteiger partial charge in [-0.05, 0) is 42.0 Å². The van der Waals surface area contributed by atoms with Gasteiger partial charge in [-0.15, -0.1) is 11.3 Å². The van der Waals surface area contributed by atoms with Gasteiger partial charge < -0.3 is 5.73 Å². The third-order valence-corrected chi connectivity index (χ3v) is 3.78. The van der Waals surface area contributed by atoms with Crippen LogP contribution < -0.4 is 5.73 Å². The predicted octanol–water partition coefficient (Wildman–Crippen LogP) is 3.06.